The quantitative estimate of drug-likeness (QED) is 0.247. The smallest absolute Gasteiger partial charge is 0.177 e. The molecule has 2 heterocycles. The van der Waals surface area contributed by atoms with Gasteiger partial charge < -0.3 is 10.4 Å². The topological polar surface area (TPSA) is 79.5 Å². The number of anilines is 1. The molecule has 8 heteroatoms. The zero-order valence-electron chi connectivity index (χ0n) is 21.5. The Bertz CT molecular complexity index is 1490. The minimum Gasteiger partial charge on any atom is -0.389 e. The van der Waals surface area contributed by atoms with Crippen LogP contribution in [0.15, 0.2) is 58.6 Å². The van der Waals surface area contributed by atoms with Crippen molar-refractivity contribution in [3.63, 3.8) is 0 Å². The maximum atomic E-state index is 14.2. The largest absolute Gasteiger partial charge is 0.389 e. The number of imidazole rings is 1. The summed E-state index contributed by atoms with van der Waals surface area (Å²) in [6, 6.07) is 12.8. The Kier molecular flexibility index (Phi) is 6.81. The third-order valence-corrected chi connectivity index (χ3v) is 7.41. The summed E-state index contributed by atoms with van der Waals surface area (Å²) in [4.78, 5) is 18.1. The molecule has 4 aromatic rings. The summed E-state index contributed by atoms with van der Waals surface area (Å²) in [7, 11) is 0. The molecule has 192 valence electrons. The van der Waals surface area contributed by atoms with Crippen molar-refractivity contribution >= 4 is 28.9 Å². The maximum Gasteiger partial charge on any atom is 0.177 e. The SMILES string of the molecule is Cc1ccc(Sc2cc(NCC(C)(C)O)c3ncc(-c4ccc(C(=O)CC5CC5)c(C)c4)n3n2)cc1F. The van der Waals surface area contributed by atoms with Crippen LogP contribution in [0.1, 0.15) is 54.6 Å². The van der Waals surface area contributed by atoms with Gasteiger partial charge in [-0.3, -0.25) is 4.79 Å². The second-order valence-corrected chi connectivity index (χ2v) is 11.6. The highest BCUT2D eigenvalue weighted by atomic mass is 32.2. The Hall–Kier alpha value is -3.23. The molecular formula is C29H31FN4O2S. The van der Waals surface area contributed by atoms with Gasteiger partial charge in [0.2, 0.25) is 0 Å². The van der Waals surface area contributed by atoms with E-state index in [2.05, 4.69) is 10.3 Å². The predicted molar refractivity (Wildman–Crippen MR) is 145 cm³/mol. The lowest BCUT2D eigenvalue weighted by Gasteiger charge is -2.19. The van der Waals surface area contributed by atoms with Crippen LogP contribution in [-0.4, -0.2) is 37.6 Å². The molecule has 0 amide bonds. The van der Waals surface area contributed by atoms with E-state index >= 15 is 0 Å². The van der Waals surface area contributed by atoms with Crippen LogP contribution in [0, 0.1) is 25.6 Å². The molecule has 0 saturated heterocycles. The van der Waals surface area contributed by atoms with E-state index in [1.54, 1.807) is 37.5 Å². The van der Waals surface area contributed by atoms with Crippen LogP contribution in [0.2, 0.25) is 0 Å². The van der Waals surface area contributed by atoms with Crippen LogP contribution in [0.25, 0.3) is 16.9 Å². The number of aryl methyl sites for hydroxylation is 2. The van der Waals surface area contributed by atoms with Crippen LogP contribution in [0.4, 0.5) is 10.1 Å². The molecule has 2 N–H and O–H groups in total. The first kappa shape index (κ1) is 25.4. The van der Waals surface area contributed by atoms with Gasteiger partial charge in [0.25, 0.3) is 0 Å². The first-order valence-electron chi connectivity index (χ1n) is 12.5. The van der Waals surface area contributed by atoms with E-state index in [4.69, 9.17) is 5.10 Å². The lowest BCUT2D eigenvalue weighted by molar-refractivity contribution is 0.0943. The number of benzene rings is 2. The first-order valence-corrected chi connectivity index (χ1v) is 13.3. The van der Waals surface area contributed by atoms with Gasteiger partial charge in [-0.2, -0.15) is 5.10 Å². The molecule has 1 aliphatic carbocycles. The van der Waals surface area contributed by atoms with Gasteiger partial charge in [-0.1, -0.05) is 30.0 Å². The van der Waals surface area contributed by atoms with E-state index in [0.29, 0.717) is 40.8 Å². The molecular weight excluding hydrogens is 487 g/mol. The van der Waals surface area contributed by atoms with E-state index in [1.165, 1.54) is 17.8 Å². The first-order chi connectivity index (χ1) is 17.6. The zero-order chi connectivity index (χ0) is 26.3. The maximum absolute atomic E-state index is 14.2. The Balaban J connectivity index is 1.54. The molecule has 0 unspecified atom stereocenters. The van der Waals surface area contributed by atoms with Crippen LogP contribution in [0.5, 0.6) is 0 Å². The molecule has 2 aromatic carbocycles. The fourth-order valence-electron chi connectivity index (χ4n) is 4.22. The fourth-order valence-corrected chi connectivity index (χ4v) is 5.06. The molecule has 0 bridgehead atoms. The van der Waals surface area contributed by atoms with Crippen molar-refractivity contribution in [2.24, 2.45) is 5.92 Å². The van der Waals surface area contributed by atoms with Crippen molar-refractivity contribution in [3.05, 3.63) is 71.2 Å². The number of halogens is 1. The Morgan fingerprint density at radius 2 is 1.95 bits per heavy atom. The van der Waals surface area contributed by atoms with Gasteiger partial charge in [-0.05, 0) is 81.8 Å². The number of hydrogen-bond donors (Lipinski definition) is 2. The molecule has 0 spiro atoms. The number of nitrogens with zero attached hydrogens (tertiary/aromatic N) is 3. The standard InChI is InChI=1S/C29H31FN4O2S/c1-17-5-9-21(13-23(17)30)37-27-14-24(32-16-29(3,4)36)28-31-15-25(34(28)33-27)20-8-10-22(18(2)11-20)26(35)12-19-6-7-19/h5,8-11,13-15,19,32,36H,6-7,12,16H2,1-4H3. The summed E-state index contributed by atoms with van der Waals surface area (Å²) >= 11 is 1.35. The second-order valence-electron chi connectivity index (χ2n) is 10.6. The molecule has 5 rings (SSSR count). The summed E-state index contributed by atoms with van der Waals surface area (Å²) in [6.45, 7) is 7.47. The number of aliphatic hydroxyl groups is 1. The molecule has 37 heavy (non-hydrogen) atoms. The minimum atomic E-state index is -0.928. The van der Waals surface area contributed by atoms with Gasteiger partial charge in [-0.15, -0.1) is 0 Å². The molecule has 0 radical (unpaired) electrons. The van der Waals surface area contributed by atoms with Crippen LogP contribution in [0.3, 0.4) is 0 Å². The molecule has 1 saturated carbocycles. The number of aromatic nitrogens is 3. The monoisotopic (exact) mass is 518 g/mol. The molecule has 1 aliphatic rings. The third kappa shape index (κ3) is 5.86. The Morgan fingerprint density at radius 1 is 1.16 bits per heavy atom. The second kappa shape index (κ2) is 9.91. The molecule has 0 aliphatic heterocycles. The van der Waals surface area contributed by atoms with Gasteiger partial charge >= 0.3 is 0 Å². The zero-order valence-corrected chi connectivity index (χ0v) is 22.3. The van der Waals surface area contributed by atoms with Gasteiger partial charge in [0.1, 0.15) is 10.8 Å². The number of ketones is 1. The number of carbonyl (C=O) groups excluding carboxylic acids is 1. The predicted octanol–water partition coefficient (Wildman–Crippen LogP) is 6.47. The number of nitrogens with one attached hydrogen (secondary N) is 1. The Labute approximate surface area is 220 Å². The summed E-state index contributed by atoms with van der Waals surface area (Å²) in [5.41, 5.74) is 4.37. The van der Waals surface area contributed by atoms with Gasteiger partial charge in [0.15, 0.2) is 11.4 Å². The van der Waals surface area contributed by atoms with Crippen molar-refractivity contribution in [3.8, 4) is 11.3 Å². The van der Waals surface area contributed by atoms with E-state index < -0.39 is 5.60 Å². The average molecular weight is 519 g/mol. The van der Waals surface area contributed by atoms with E-state index in [0.717, 1.165) is 40.1 Å². The van der Waals surface area contributed by atoms with E-state index in [1.807, 2.05) is 37.3 Å². The Morgan fingerprint density at radius 3 is 2.62 bits per heavy atom. The normalized spacial score (nSPS) is 13.8. The van der Waals surface area contributed by atoms with Crippen molar-refractivity contribution < 1.29 is 14.3 Å². The number of fused-ring (bicyclic) bond motifs is 1. The number of hydrogen-bond acceptors (Lipinski definition) is 6. The van der Waals surface area contributed by atoms with E-state index in [-0.39, 0.29) is 11.6 Å². The van der Waals surface area contributed by atoms with Crippen LogP contribution < -0.4 is 5.32 Å². The van der Waals surface area contributed by atoms with Crippen LogP contribution >= 0.6 is 11.8 Å². The van der Waals surface area contributed by atoms with Crippen LogP contribution in [-0.2, 0) is 0 Å². The number of Topliss-reactive ketones (excluding diaryl/α,β-unsaturated/α-hetero) is 1. The lowest BCUT2D eigenvalue weighted by Crippen LogP contribution is -2.29. The summed E-state index contributed by atoms with van der Waals surface area (Å²) in [5.74, 6) is 0.480. The van der Waals surface area contributed by atoms with Gasteiger partial charge in [0, 0.05) is 29.0 Å². The molecule has 0 atom stereocenters. The third-order valence-electron chi connectivity index (χ3n) is 6.52. The average Bonchev–Trinajstić information content (AvgIpc) is 3.54. The van der Waals surface area contributed by atoms with Crippen molar-refractivity contribution in [1.29, 1.82) is 0 Å². The summed E-state index contributed by atoms with van der Waals surface area (Å²) in [6.07, 6.45) is 4.68. The van der Waals surface area contributed by atoms with Gasteiger partial charge in [0.05, 0.1) is 23.2 Å². The van der Waals surface area contributed by atoms with Crippen molar-refractivity contribution in [1.82, 2.24) is 14.6 Å². The highest BCUT2D eigenvalue weighted by molar-refractivity contribution is 7.99. The highest BCUT2D eigenvalue weighted by Crippen LogP contribution is 2.35. The number of carbonyl (C=O) groups is 1. The molecule has 2 aromatic heterocycles. The van der Waals surface area contributed by atoms with Crippen molar-refractivity contribution in [2.75, 3.05) is 11.9 Å². The lowest BCUT2D eigenvalue weighted by atomic mass is 9.98. The summed E-state index contributed by atoms with van der Waals surface area (Å²) < 4.78 is 16.0. The van der Waals surface area contributed by atoms with Gasteiger partial charge in [-0.25, -0.2) is 13.9 Å². The fraction of sp³-hybridized carbons (Fsp3) is 0.345. The van der Waals surface area contributed by atoms with Crippen molar-refractivity contribution in [2.45, 2.75) is 62.5 Å². The number of rotatable bonds is 9. The molecule has 1 fully saturated rings. The van der Waals surface area contributed by atoms with E-state index in [9.17, 15) is 14.3 Å². The highest BCUT2D eigenvalue weighted by Gasteiger charge is 2.26. The molecule has 6 nitrogen and oxygen atoms in total. The minimum absolute atomic E-state index is 0.199. The summed E-state index contributed by atoms with van der Waals surface area (Å²) in [5, 5.41) is 19.0.